The number of rotatable bonds is 5. The molecule has 0 aromatic heterocycles. The van der Waals surface area contributed by atoms with E-state index in [0.717, 1.165) is 5.56 Å². The summed E-state index contributed by atoms with van der Waals surface area (Å²) >= 11 is 5.81. The van der Waals surface area contributed by atoms with Crippen molar-refractivity contribution in [2.45, 2.75) is 20.3 Å². The smallest absolute Gasteiger partial charge is 0.303 e. The Morgan fingerprint density at radius 2 is 2.11 bits per heavy atom. The van der Waals surface area contributed by atoms with Gasteiger partial charge in [-0.2, -0.15) is 0 Å². The van der Waals surface area contributed by atoms with Gasteiger partial charge in [0, 0.05) is 23.6 Å². The molecular weight excluding hydrogens is 254 g/mol. The zero-order valence-corrected chi connectivity index (χ0v) is 11.1. The van der Waals surface area contributed by atoms with E-state index in [-0.39, 0.29) is 18.2 Å². The van der Waals surface area contributed by atoms with Crippen LogP contribution < -0.4 is 5.32 Å². The molecule has 1 atom stereocenters. The fraction of sp³-hybridized carbons (Fsp3) is 0.385. The topological polar surface area (TPSA) is 66.4 Å². The van der Waals surface area contributed by atoms with Crippen molar-refractivity contribution in [2.75, 3.05) is 6.54 Å². The van der Waals surface area contributed by atoms with Crippen molar-refractivity contribution in [3.05, 3.63) is 34.3 Å². The molecule has 0 bridgehead atoms. The molecule has 0 aliphatic carbocycles. The third-order valence-corrected chi connectivity index (χ3v) is 2.80. The Morgan fingerprint density at radius 1 is 1.44 bits per heavy atom. The number of carbonyl (C=O) groups excluding carboxylic acids is 1. The van der Waals surface area contributed by atoms with E-state index in [1.165, 1.54) is 0 Å². The summed E-state index contributed by atoms with van der Waals surface area (Å²) in [6.07, 6.45) is 0.0415. The van der Waals surface area contributed by atoms with Crippen LogP contribution in [0, 0.1) is 12.8 Å². The Hall–Kier alpha value is -1.55. The van der Waals surface area contributed by atoms with Crippen molar-refractivity contribution in [1.82, 2.24) is 5.32 Å². The molecule has 98 valence electrons. The predicted octanol–water partition coefficient (Wildman–Crippen LogP) is 2.49. The lowest BCUT2D eigenvalue weighted by Crippen LogP contribution is -2.29. The average molecular weight is 270 g/mol. The van der Waals surface area contributed by atoms with Crippen LogP contribution in [0.1, 0.15) is 29.3 Å². The lowest BCUT2D eigenvalue weighted by molar-refractivity contribution is -0.137. The fourth-order valence-corrected chi connectivity index (χ4v) is 1.84. The zero-order valence-electron chi connectivity index (χ0n) is 10.4. The van der Waals surface area contributed by atoms with E-state index < -0.39 is 5.97 Å². The van der Waals surface area contributed by atoms with Crippen LogP contribution in [0.4, 0.5) is 0 Å². The second-order valence-electron chi connectivity index (χ2n) is 4.37. The molecule has 0 spiro atoms. The number of hydrogen-bond acceptors (Lipinski definition) is 2. The number of carboxylic acids is 1. The van der Waals surface area contributed by atoms with Gasteiger partial charge in [0.05, 0.1) is 0 Å². The summed E-state index contributed by atoms with van der Waals surface area (Å²) in [7, 11) is 0. The minimum Gasteiger partial charge on any atom is -0.481 e. The highest BCUT2D eigenvalue weighted by Crippen LogP contribution is 2.15. The number of carbonyl (C=O) groups is 2. The third-order valence-electron chi connectivity index (χ3n) is 2.57. The molecule has 1 amide bonds. The Morgan fingerprint density at radius 3 is 2.67 bits per heavy atom. The summed E-state index contributed by atoms with van der Waals surface area (Å²) in [4.78, 5) is 22.4. The van der Waals surface area contributed by atoms with E-state index in [9.17, 15) is 9.59 Å². The molecule has 0 radical (unpaired) electrons. The molecule has 18 heavy (non-hydrogen) atoms. The highest BCUT2D eigenvalue weighted by atomic mass is 35.5. The number of carboxylic acid groups (broad SMARTS) is 1. The monoisotopic (exact) mass is 269 g/mol. The Labute approximate surface area is 111 Å². The van der Waals surface area contributed by atoms with Crippen molar-refractivity contribution in [3.63, 3.8) is 0 Å². The first-order valence-electron chi connectivity index (χ1n) is 5.66. The van der Waals surface area contributed by atoms with Crippen molar-refractivity contribution in [1.29, 1.82) is 0 Å². The second-order valence-corrected chi connectivity index (χ2v) is 4.81. The van der Waals surface area contributed by atoms with Gasteiger partial charge in [-0.15, -0.1) is 0 Å². The van der Waals surface area contributed by atoms with Gasteiger partial charge in [0.25, 0.3) is 5.91 Å². The van der Waals surface area contributed by atoms with Gasteiger partial charge in [0.15, 0.2) is 0 Å². The number of aliphatic carboxylic acids is 1. The first-order chi connectivity index (χ1) is 8.40. The minimum atomic E-state index is -0.862. The van der Waals surface area contributed by atoms with Gasteiger partial charge in [0.1, 0.15) is 0 Å². The molecule has 1 aromatic carbocycles. The summed E-state index contributed by atoms with van der Waals surface area (Å²) < 4.78 is 0. The van der Waals surface area contributed by atoms with Gasteiger partial charge in [0.2, 0.25) is 0 Å². The molecule has 0 fully saturated rings. The van der Waals surface area contributed by atoms with Gasteiger partial charge in [-0.3, -0.25) is 9.59 Å². The molecular formula is C13H16ClNO3. The summed E-state index contributed by atoms with van der Waals surface area (Å²) in [6.45, 7) is 3.93. The SMILES string of the molecule is Cc1cc(Cl)ccc1C(=O)NCC(C)CC(=O)O. The Balaban J connectivity index is 2.58. The molecule has 4 nitrogen and oxygen atoms in total. The number of benzene rings is 1. The molecule has 1 unspecified atom stereocenters. The average Bonchev–Trinajstić information content (AvgIpc) is 2.25. The molecule has 0 heterocycles. The third kappa shape index (κ3) is 4.37. The summed E-state index contributed by atoms with van der Waals surface area (Å²) in [5.41, 5.74) is 1.35. The highest BCUT2D eigenvalue weighted by Gasteiger charge is 2.12. The van der Waals surface area contributed by atoms with E-state index in [1.807, 2.05) is 6.92 Å². The van der Waals surface area contributed by atoms with Gasteiger partial charge in [-0.05, 0) is 36.6 Å². The number of nitrogens with one attached hydrogen (secondary N) is 1. The van der Waals surface area contributed by atoms with Crippen molar-refractivity contribution in [2.24, 2.45) is 5.92 Å². The van der Waals surface area contributed by atoms with Crippen LogP contribution in [0.15, 0.2) is 18.2 Å². The molecule has 0 aliphatic rings. The van der Waals surface area contributed by atoms with Crippen LogP contribution in [0.5, 0.6) is 0 Å². The molecule has 1 rings (SSSR count). The van der Waals surface area contributed by atoms with Crippen LogP contribution >= 0.6 is 11.6 Å². The summed E-state index contributed by atoms with van der Waals surface area (Å²) in [6, 6.07) is 5.04. The van der Waals surface area contributed by atoms with Gasteiger partial charge in [-0.25, -0.2) is 0 Å². The maximum Gasteiger partial charge on any atom is 0.303 e. The van der Waals surface area contributed by atoms with Gasteiger partial charge in [-0.1, -0.05) is 18.5 Å². The number of amides is 1. The normalized spacial score (nSPS) is 11.9. The largest absolute Gasteiger partial charge is 0.481 e. The molecule has 2 N–H and O–H groups in total. The number of aryl methyl sites for hydroxylation is 1. The molecule has 5 heteroatoms. The standard InChI is InChI=1S/C13H16ClNO3/c1-8(5-12(16)17)7-15-13(18)11-4-3-10(14)6-9(11)2/h3-4,6,8H,5,7H2,1-2H3,(H,15,18)(H,16,17). The van der Waals surface area contributed by atoms with Crippen molar-refractivity contribution < 1.29 is 14.7 Å². The fourth-order valence-electron chi connectivity index (χ4n) is 1.61. The first kappa shape index (κ1) is 14.5. The first-order valence-corrected chi connectivity index (χ1v) is 6.04. The quantitative estimate of drug-likeness (QED) is 0.863. The molecule has 1 aromatic rings. The van der Waals surface area contributed by atoms with E-state index in [4.69, 9.17) is 16.7 Å². The molecule has 0 aliphatic heterocycles. The highest BCUT2D eigenvalue weighted by molar-refractivity contribution is 6.30. The van der Waals surface area contributed by atoms with Crippen molar-refractivity contribution >= 4 is 23.5 Å². The van der Waals surface area contributed by atoms with E-state index in [0.29, 0.717) is 17.1 Å². The van der Waals surface area contributed by atoms with Crippen molar-refractivity contribution in [3.8, 4) is 0 Å². The van der Waals surface area contributed by atoms with E-state index in [1.54, 1.807) is 25.1 Å². The van der Waals surface area contributed by atoms with Gasteiger partial charge < -0.3 is 10.4 Å². The summed E-state index contributed by atoms with van der Waals surface area (Å²) in [5, 5.41) is 11.9. The van der Waals surface area contributed by atoms with Crippen LogP contribution in [0.2, 0.25) is 5.02 Å². The maximum atomic E-state index is 11.9. The Kier molecular flexibility index (Phi) is 5.16. The Bertz CT molecular complexity index is 460. The number of halogens is 1. The lowest BCUT2D eigenvalue weighted by Gasteiger charge is -2.11. The minimum absolute atomic E-state index is 0.0415. The van der Waals surface area contributed by atoms with Crippen LogP contribution in [-0.2, 0) is 4.79 Å². The molecule has 0 saturated carbocycles. The number of hydrogen-bond donors (Lipinski definition) is 2. The molecule has 0 saturated heterocycles. The van der Waals surface area contributed by atoms with Crippen LogP contribution in [0.25, 0.3) is 0 Å². The van der Waals surface area contributed by atoms with Gasteiger partial charge >= 0.3 is 5.97 Å². The van der Waals surface area contributed by atoms with Crippen LogP contribution in [0.3, 0.4) is 0 Å². The van der Waals surface area contributed by atoms with Crippen LogP contribution in [-0.4, -0.2) is 23.5 Å². The predicted molar refractivity (Wildman–Crippen MR) is 69.9 cm³/mol. The van der Waals surface area contributed by atoms with E-state index >= 15 is 0 Å². The summed E-state index contributed by atoms with van der Waals surface area (Å²) in [5.74, 6) is -1.17. The maximum absolute atomic E-state index is 11.9. The van der Waals surface area contributed by atoms with E-state index in [2.05, 4.69) is 5.32 Å². The lowest BCUT2D eigenvalue weighted by atomic mass is 10.1. The second kappa shape index (κ2) is 6.40. The zero-order chi connectivity index (χ0) is 13.7.